The molecule has 0 fully saturated rings. The van der Waals surface area contributed by atoms with Gasteiger partial charge in [-0.15, -0.1) is 0 Å². The molecule has 1 heterocycles. The molecule has 4 nitrogen and oxygen atoms in total. The molecule has 4 heteroatoms. The monoisotopic (exact) mass is 194 g/mol. The summed E-state index contributed by atoms with van der Waals surface area (Å²) in [4.78, 5) is 15.1. The number of aliphatic hydroxyl groups excluding tert-OH is 1. The lowest BCUT2D eigenvalue weighted by atomic mass is 10.2. The number of carbonyl (C=O) groups is 1. The number of hydrogen-bond acceptors (Lipinski definition) is 3. The number of pyridine rings is 1. The van der Waals surface area contributed by atoms with Gasteiger partial charge < -0.3 is 10.4 Å². The van der Waals surface area contributed by atoms with Crippen molar-refractivity contribution >= 4 is 5.91 Å². The fourth-order valence-electron chi connectivity index (χ4n) is 1.01. The van der Waals surface area contributed by atoms with Crippen molar-refractivity contribution in [1.82, 2.24) is 10.3 Å². The van der Waals surface area contributed by atoms with E-state index in [-0.39, 0.29) is 5.91 Å². The lowest BCUT2D eigenvalue weighted by Crippen LogP contribution is -2.31. The van der Waals surface area contributed by atoms with Crippen LogP contribution in [-0.4, -0.2) is 28.6 Å². The Morgan fingerprint density at radius 3 is 2.79 bits per heavy atom. The molecule has 0 spiro atoms. The van der Waals surface area contributed by atoms with Crippen molar-refractivity contribution < 1.29 is 9.90 Å². The third kappa shape index (κ3) is 4.00. The number of hydrogen-bond donors (Lipinski definition) is 2. The van der Waals surface area contributed by atoms with Crippen LogP contribution in [-0.2, 0) is 11.2 Å². The van der Waals surface area contributed by atoms with E-state index in [9.17, 15) is 4.79 Å². The molecule has 14 heavy (non-hydrogen) atoms. The number of nitrogens with zero attached hydrogens (tertiary/aromatic N) is 1. The van der Waals surface area contributed by atoms with Crippen molar-refractivity contribution in [3.05, 3.63) is 30.1 Å². The second-order valence-electron chi connectivity index (χ2n) is 3.19. The number of nitrogens with one attached hydrogen (secondary N) is 1. The molecule has 1 aromatic heterocycles. The number of aromatic nitrogens is 1. The highest BCUT2D eigenvalue weighted by Crippen LogP contribution is 1.96. The summed E-state index contributed by atoms with van der Waals surface area (Å²) in [5.74, 6) is -0.0860. The minimum Gasteiger partial charge on any atom is -0.392 e. The molecule has 1 aromatic rings. The smallest absolute Gasteiger partial charge is 0.224 e. The van der Waals surface area contributed by atoms with Gasteiger partial charge >= 0.3 is 0 Å². The highest BCUT2D eigenvalue weighted by Gasteiger charge is 2.03. The first kappa shape index (κ1) is 10.7. The van der Waals surface area contributed by atoms with Gasteiger partial charge in [-0.2, -0.15) is 0 Å². The van der Waals surface area contributed by atoms with E-state index in [1.807, 2.05) is 0 Å². The Bertz CT molecular complexity index is 285. The van der Waals surface area contributed by atoms with Gasteiger partial charge in [0.05, 0.1) is 12.5 Å². The Kier molecular flexibility index (Phi) is 4.07. The van der Waals surface area contributed by atoms with Crippen molar-refractivity contribution in [2.75, 3.05) is 6.54 Å². The van der Waals surface area contributed by atoms with Crippen molar-refractivity contribution in [3.8, 4) is 0 Å². The third-order valence-corrected chi connectivity index (χ3v) is 1.71. The fourth-order valence-corrected chi connectivity index (χ4v) is 1.01. The molecule has 1 atom stereocenters. The Hall–Kier alpha value is -1.42. The highest BCUT2D eigenvalue weighted by atomic mass is 16.3. The molecule has 2 N–H and O–H groups in total. The van der Waals surface area contributed by atoms with Crippen LogP contribution in [0.2, 0.25) is 0 Å². The van der Waals surface area contributed by atoms with Gasteiger partial charge in [0.25, 0.3) is 0 Å². The average molecular weight is 194 g/mol. The lowest BCUT2D eigenvalue weighted by molar-refractivity contribution is -0.120. The van der Waals surface area contributed by atoms with E-state index < -0.39 is 6.10 Å². The molecule has 0 aromatic carbocycles. The SMILES string of the molecule is C[C@H](O)CNC(=O)Cc1ccncc1. The topological polar surface area (TPSA) is 62.2 Å². The van der Waals surface area contributed by atoms with Crippen LogP contribution in [0.5, 0.6) is 0 Å². The van der Waals surface area contributed by atoms with Gasteiger partial charge in [-0.05, 0) is 24.6 Å². The molecule has 0 unspecified atom stereocenters. The number of carbonyl (C=O) groups excluding carboxylic acids is 1. The summed E-state index contributed by atoms with van der Waals surface area (Å²) < 4.78 is 0. The molecule has 0 aliphatic carbocycles. The van der Waals surface area contributed by atoms with Crippen molar-refractivity contribution in [2.24, 2.45) is 0 Å². The van der Waals surface area contributed by atoms with Gasteiger partial charge in [0, 0.05) is 18.9 Å². The number of amides is 1. The molecule has 0 radical (unpaired) electrons. The molecule has 1 amide bonds. The third-order valence-electron chi connectivity index (χ3n) is 1.71. The standard InChI is InChI=1S/C10H14N2O2/c1-8(13)7-12-10(14)6-9-2-4-11-5-3-9/h2-5,8,13H,6-7H2,1H3,(H,12,14)/t8-/m0/s1. The van der Waals surface area contributed by atoms with E-state index in [0.29, 0.717) is 13.0 Å². The van der Waals surface area contributed by atoms with E-state index in [1.165, 1.54) is 0 Å². The van der Waals surface area contributed by atoms with Crippen LogP contribution in [0.3, 0.4) is 0 Å². The second kappa shape index (κ2) is 5.34. The minimum atomic E-state index is -0.503. The molecular weight excluding hydrogens is 180 g/mol. The number of rotatable bonds is 4. The van der Waals surface area contributed by atoms with Crippen LogP contribution >= 0.6 is 0 Å². The molecule has 0 saturated heterocycles. The zero-order chi connectivity index (χ0) is 10.4. The summed E-state index contributed by atoms with van der Waals surface area (Å²) in [7, 11) is 0. The van der Waals surface area contributed by atoms with Crippen LogP contribution in [0.25, 0.3) is 0 Å². The maximum atomic E-state index is 11.3. The van der Waals surface area contributed by atoms with Crippen LogP contribution < -0.4 is 5.32 Å². The molecule has 0 saturated carbocycles. The van der Waals surface area contributed by atoms with Crippen molar-refractivity contribution in [1.29, 1.82) is 0 Å². The minimum absolute atomic E-state index is 0.0860. The summed E-state index contributed by atoms with van der Waals surface area (Å²) in [6, 6.07) is 3.59. The summed E-state index contributed by atoms with van der Waals surface area (Å²) in [5, 5.41) is 11.6. The fraction of sp³-hybridized carbons (Fsp3) is 0.400. The largest absolute Gasteiger partial charge is 0.392 e. The van der Waals surface area contributed by atoms with Gasteiger partial charge in [0.2, 0.25) is 5.91 Å². The predicted octanol–water partition coefficient (Wildman–Crippen LogP) is 0.121. The second-order valence-corrected chi connectivity index (χ2v) is 3.19. The van der Waals surface area contributed by atoms with Crippen LogP contribution in [0.15, 0.2) is 24.5 Å². The number of aliphatic hydroxyl groups is 1. The molecule has 0 aliphatic rings. The summed E-state index contributed by atoms with van der Waals surface area (Å²) >= 11 is 0. The van der Waals surface area contributed by atoms with Crippen molar-refractivity contribution in [2.45, 2.75) is 19.4 Å². The lowest BCUT2D eigenvalue weighted by Gasteiger charge is -2.06. The van der Waals surface area contributed by atoms with Gasteiger partial charge in [0.1, 0.15) is 0 Å². The molecule has 0 bridgehead atoms. The zero-order valence-electron chi connectivity index (χ0n) is 8.10. The predicted molar refractivity (Wildman–Crippen MR) is 52.6 cm³/mol. The Balaban J connectivity index is 2.35. The van der Waals surface area contributed by atoms with Crippen molar-refractivity contribution in [3.63, 3.8) is 0 Å². The maximum absolute atomic E-state index is 11.3. The van der Waals surface area contributed by atoms with E-state index >= 15 is 0 Å². The highest BCUT2D eigenvalue weighted by molar-refractivity contribution is 5.78. The van der Waals surface area contributed by atoms with Crippen LogP contribution in [0, 0.1) is 0 Å². The van der Waals surface area contributed by atoms with Gasteiger partial charge in [-0.3, -0.25) is 9.78 Å². The van der Waals surface area contributed by atoms with Gasteiger partial charge in [0.15, 0.2) is 0 Å². The Morgan fingerprint density at radius 1 is 1.57 bits per heavy atom. The summed E-state index contributed by atoms with van der Waals surface area (Å²) in [6.45, 7) is 1.93. The Labute approximate surface area is 83.0 Å². The quantitative estimate of drug-likeness (QED) is 0.715. The van der Waals surface area contributed by atoms with E-state index in [2.05, 4.69) is 10.3 Å². The average Bonchev–Trinajstić information content (AvgIpc) is 2.16. The molecular formula is C10H14N2O2. The van der Waals surface area contributed by atoms with E-state index in [1.54, 1.807) is 31.5 Å². The zero-order valence-corrected chi connectivity index (χ0v) is 8.10. The summed E-state index contributed by atoms with van der Waals surface area (Å²) in [5.41, 5.74) is 0.920. The summed E-state index contributed by atoms with van der Waals surface area (Å²) in [6.07, 6.45) is 3.13. The van der Waals surface area contributed by atoms with Gasteiger partial charge in [-0.25, -0.2) is 0 Å². The molecule has 76 valence electrons. The first-order valence-corrected chi connectivity index (χ1v) is 4.52. The van der Waals surface area contributed by atoms with E-state index in [4.69, 9.17) is 5.11 Å². The maximum Gasteiger partial charge on any atom is 0.224 e. The van der Waals surface area contributed by atoms with Gasteiger partial charge in [-0.1, -0.05) is 0 Å². The Morgan fingerprint density at radius 2 is 2.21 bits per heavy atom. The molecule has 1 rings (SSSR count). The van der Waals surface area contributed by atoms with E-state index in [0.717, 1.165) is 5.56 Å². The first-order valence-electron chi connectivity index (χ1n) is 4.52. The van der Waals surface area contributed by atoms with Crippen LogP contribution in [0.4, 0.5) is 0 Å². The first-order chi connectivity index (χ1) is 6.68. The van der Waals surface area contributed by atoms with Crippen LogP contribution in [0.1, 0.15) is 12.5 Å². The normalized spacial score (nSPS) is 12.1. The molecule has 0 aliphatic heterocycles.